The molecule has 2 rings (SSSR count). The number of rotatable bonds is 5. The second-order valence-electron chi connectivity index (χ2n) is 5.53. The monoisotopic (exact) mass is 275 g/mol. The summed E-state index contributed by atoms with van der Waals surface area (Å²) < 4.78 is 0. The smallest absolute Gasteiger partial charge is 0.238 e. The van der Waals surface area contributed by atoms with E-state index in [4.69, 9.17) is 0 Å². The van der Waals surface area contributed by atoms with Crippen molar-refractivity contribution in [3.63, 3.8) is 0 Å². The molecule has 0 bridgehead atoms. The molecule has 0 radical (unpaired) electrons. The predicted octanol–water partition coefficient (Wildman–Crippen LogP) is 1.17. The van der Waals surface area contributed by atoms with Gasteiger partial charge in [0.1, 0.15) is 0 Å². The summed E-state index contributed by atoms with van der Waals surface area (Å²) in [6, 6.07) is 6.98. The Labute approximate surface area is 119 Å². The van der Waals surface area contributed by atoms with Gasteiger partial charge in [0.15, 0.2) is 5.78 Å². The number of benzene rings is 1. The summed E-state index contributed by atoms with van der Waals surface area (Å²) in [4.78, 5) is 23.2. The molecular weight excluding hydrogens is 254 g/mol. The van der Waals surface area contributed by atoms with Gasteiger partial charge >= 0.3 is 0 Å². The van der Waals surface area contributed by atoms with E-state index in [0.717, 1.165) is 19.5 Å². The molecule has 1 fully saturated rings. The van der Waals surface area contributed by atoms with E-state index in [1.54, 1.807) is 24.3 Å². The zero-order valence-corrected chi connectivity index (χ0v) is 12.0. The van der Waals surface area contributed by atoms with Crippen molar-refractivity contribution in [3.05, 3.63) is 29.8 Å². The maximum atomic E-state index is 11.9. The molecule has 1 aromatic carbocycles. The summed E-state index contributed by atoms with van der Waals surface area (Å²) in [5.41, 5.74) is 1.24. The molecule has 108 valence electrons. The zero-order valence-electron chi connectivity index (χ0n) is 12.0. The number of Topliss-reactive ketones (excluding diaryl/α,β-unsaturated/α-hetero) is 1. The number of hydrogen-bond acceptors (Lipinski definition) is 4. The predicted molar refractivity (Wildman–Crippen MR) is 79.0 cm³/mol. The first kappa shape index (κ1) is 14.7. The van der Waals surface area contributed by atoms with E-state index in [2.05, 4.69) is 22.9 Å². The molecule has 1 amide bonds. The molecule has 5 nitrogen and oxygen atoms in total. The van der Waals surface area contributed by atoms with Crippen LogP contribution < -0.4 is 16.0 Å². The van der Waals surface area contributed by atoms with Crippen LogP contribution >= 0.6 is 0 Å². The van der Waals surface area contributed by atoms with E-state index in [-0.39, 0.29) is 23.8 Å². The molecule has 0 aliphatic carbocycles. The van der Waals surface area contributed by atoms with Gasteiger partial charge in [-0.3, -0.25) is 9.59 Å². The number of carbonyl (C=O) groups is 2. The lowest BCUT2D eigenvalue weighted by molar-refractivity contribution is -0.115. The largest absolute Gasteiger partial charge is 0.325 e. The second-order valence-corrected chi connectivity index (χ2v) is 5.53. The summed E-state index contributed by atoms with van der Waals surface area (Å²) in [6.45, 7) is 5.74. The number of carbonyl (C=O) groups excluding carboxylic acids is 2. The van der Waals surface area contributed by atoms with Crippen LogP contribution in [0.15, 0.2) is 24.3 Å². The lowest BCUT2D eigenvalue weighted by atomic mass is 10.0. The van der Waals surface area contributed by atoms with Gasteiger partial charge in [-0.05, 0) is 38.9 Å². The van der Waals surface area contributed by atoms with Crippen LogP contribution in [0.3, 0.4) is 0 Å². The molecule has 1 aromatic rings. The average Bonchev–Trinajstić information content (AvgIpc) is 2.84. The molecule has 0 aromatic heterocycles. The van der Waals surface area contributed by atoms with Crippen LogP contribution in [-0.4, -0.2) is 36.9 Å². The first-order valence-corrected chi connectivity index (χ1v) is 6.85. The fourth-order valence-electron chi connectivity index (χ4n) is 2.28. The Bertz CT molecular complexity index is 508. The van der Waals surface area contributed by atoms with Crippen molar-refractivity contribution in [2.24, 2.45) is 0 Å². The van der Waals surface area contributed by atoms with E-state index in [9.17, 15) is 9.59 Å². The quantitative estimate of drug-likeness (QED) is 0.706. The summed E-state index contributed by atoms with van der Waals surface area (Å²) in [7, 11) is 0. The van der Waals surface area contributed by atoms with E-state index >= 15 is 0 Å². The van der Waals surface area contributed by atoms with Crippen molar-refractivity contribution < 1.29 is 9.59 Å². The van der Waals surface area contributed by atoms with Crippen LogP contribution in [0.25, 0.3) is 0 Å². The topological polar surface area (TPSA) is 70.2 Å². The third kappa shape index (κ3) is 3.88. The highest BCUT2D eigenvalue weighted by Gasteiger charge is 2.28. The standard InChI is InChI=1S/C15H21N3O2/c1-11(19)12-4-3-5-13(8-12)18-14(20)9-17-15(2)6-7-16-10-15/h3-5,8,16-17H,6-7,9-10H2,1-2H3,(H,18,20). The summed E-state index contributed by atoms with van der Waals surface area (Å²) in [5, 5.41) is 9.35. The Morgan fingerprint density at radius 3 is 2.85 bits per heavy atom. The van der Waals surface area contributed by atoms with Crippen molar-refractivity contribution in [1.82, 2.24) is 10.6 Å². The van der Waals surface area contributed by atoms with E-state index < -0.39 is 0 Å². The highest BCUT2D eigenvalue weighted by molar-refractivity contribution is 5.97. The van der Waals surface area contributed by atoms with Crippen LogP contribution in [0, 0.1) is 0 Å². The molecule has 1 aliphatic heterocycles. The number of ketones is 1. The minimum Gasteiger partial charge on any atom is -0.325 e. The van der Waals surface area contributed by atoms with Gasteiger partial charge in [-0.25, -0.2) is 0 Å². The van der Waals surface area contributed by atoms with E-state index in [1.165, 1.54) is 6.92 Å². The molecule has 1 saturated heterocycles. The fraction of sp³-hybridized carbons (Fsp3) is 0.467. The Hall–Kier alpha value is -1.72. The normalized spacial score (nSPS) is 21.7. The van der Waals surface area contributed by atoms with Crippen LogP contribution in [0.1, 0.15) is 30.6 Å². The SMILES string of the molecule is CC(=O)c1cccc(NC(=O)CNC2(C)CCNC2)c1. The molecule has 1 aliphatic rings. The molecule has 1 unspecified atom stereocenters. The number of amides is 1. The van der Waals surface area contributed by atoms with Crippen molar-refractivity contribution >= 4 is 17.4 Å². The molecule has 1 atom stereocenters. The summed E-state index contributed by atoms with van der Waals surface area (Å²) >= 11 is 0. The van der Waals surface area contributed by atoms with Gasteiger partial charge in [0.25, 0.3) is 0 Å². The first-order chi connectivity index (χ1) is 9.48. The molecule has 20 heavy (non-hydrogen) atoms. The zero-order chi connectivity index (χ0) is 14.6. The Morgan fingerprint density at radius 2 is 2.20 bits per heavy atom. The number of nitrogens with one attached hydrogen (secondary N) is 3. The Balaban J connectivity index is 1.88. The summed E-state index contributed by atoms with van der Waals surface area (Å²) in [5.74, 6) is -0.109. The molecular formula is C15H21N3O2. The minimum atomic E-state index is -0.0983. The van der Waals surface area contributed by atoms with Gasteiger partial charge in [0, 0.05) is 23.3 Å². The number of hydrogen-bond donors (Lipinski definition) is 3. The van der Waals surface area contributed by atoms with Crippen molar-refractivity contribution in [2.45, 2.75) is 25.8 Å². The van der Waals surface area contributed by atoms with Crippen molar-refractivity contribution in [1.29, 1.82) is 0 Å². The average molecular weight is 275 g/mol. The van der Waals surface area contributed by atoms with E-state index in [0.29, 0.717) is 11.3 Å². The van der Waals surface area contributed by atoms with Gasteiger partial charge in [-0.2, -0.15) is 0 Å². The fourth-order valence-corrected chi connectivity index (χ4v) is 2.28. The van der Waals surface area contributed by atoms with Crippen LogP contribution in [0.5, 0.6) is 0 Å². The van der Waals surface area contributed by atoms with Crippen LogP contribution in [-0.2, 0) is 4.79 Å². The van der Waals surface area contributed by atoms with Gasteiger partial charge < -0.3 is 16.0 Å². The maximum Gasteiger partial charge on any atom is 0.238 e. The lowest BCUT2D eigenvalue weighted by Crippen LogP contribution is -2.47. The van der Waals surface area contributed by atoms with Crippen LogP contribution in [0.2, 0.25) is 0 Å². The molecule has 1 heterocycles. The molecule has 5 heteroatoms. The van der Waals surface area contributed by atoms with Crippen molar-refractivity contribution in [2.75, 3.05) is 25.0 Å². The second kappa shape index (κ2) is 6.15. The molecule has 0 saturated carbocycles. The van der Waals surface area contributed by atoms with Crippen molar-refractivity contribution in [3.8, 4) is 0 Å². The van der Waals surface area contributed by atoms with Gasteiger partial charge in [-0.15, -0.1) is 0 Å². The third-order valence-electron chi connectivity index (χ3n) is 3.60. The highest BCUT2D eigenvalue weighted by atomic mass is 16.2. The molecule has 3 N–H and O–H groups in total. The summed E-state index contributed by atoms with van der Waals surface area (Å²) in [6.07, 6.45) is 1.01. The van der Waals surface area contributed by atoms with Crippen LogP contribution in [0.4, 0.5) is 5.69 Å². The Kier molecular flexibility index (Phi) is 4.52. The lowest BCUT2D eigenvalue weighted by Gasteiger charge is -2.24. The third-order valence-corrected chi connectivity index (χ3v) is 3.60. The first-order valence-electron chi connectivity index (χ1n) is 6.85. The Morgan fingerprint density at radius 1 is 1.40 bits per heavy atom. The highest BCUT2D eigenvalue weighted by Crippen LogP contribution is 2.13. The van der Waals surface area contributed by atoms with Gasteiger partial charge in [-0.1, -0.05) is 12.1 Å². The number of anilines is 1. The van der Waals surface area contributed by atoms with Gasteiger partial charge in [0.05, 0.1) is 6.54 Å². The maximum absolute atomic E-state index is 11.9. The minimum absolute atomic E-state index is 0.0104. The van der Waals surface area contributed by atoms with Gasteiger partial charge in [0.2, 0.25) is 5.91 Å². The molecule has 0 spiro atoms. The van der Waals surface area contributed by atoms with E-state index in [1.807, 2.05) is 0 Å².